The fraction of sp³-hybridized carbons (Fsp3) is 0.294. The zero-order chi connectivity index (χ0) is 14.8. The van der Waals surface area contributed by atoms with Gasteiger partial charge in [0.2, 0.25) is 0 Å². The van der Waals surface area contributed by atoms with Crippen molar-refractivity contribution in [2.24, 2.45) is 5.73 Å². The Labute approximate surface area is 134 Å². The van der Waals surface area contributed by atoms with Gasteiger partial charge in [-0.1, -0.05) is 41.4 Å². The molecule has 0 saturated carbocycles. The van der Waals surface area contributed by atoms with Crippen molar-refractivity contribution in [1.29, 1.82) is 0 Å². The van der Waals surface area contributed by atoms with E-state index in [2.05, 4.69) is 6.07 Å². The Kier molecular flexibility index (Phi) is 4.39. The van der Waals surface area contributed by atoms with E-state index in [4.69, 9.17) is 33.7 Å². The number of halogens is 2. The molecule has 2 atom stereocenters. The lowest BCUT2D eigenvalue weighted by atomic mass is 9.86. The van der Waals surface area contributed by atoms with E-state index in [1.807, 2.05) is 30.3 Å². The van der Waals surface area contributed by atoms with Crippen LogP contribution in [0, 0.1) is 0 Å². The standard InChI is InChI=1S/C17H17Cl2NO/c18-13-7-12(8-14(19)10-13)16(20)9-11-5-6-21-17-4-2-1-3-15(11)17/h1-4,7-8,10-11,16H,5-6,9,20H2. The maximum atomic E-state index is 6.36. The zero-order valence-electron chi connectivity index (χ0n) is 11.6. The Bertz CT molecular complexity index is 624. The van der Waals surface area contributed by atoms with E-state index in [9.17, 15) is 0 Å². The molecule has 1 aliphatic rings. The summed E-state index contributed by atoms with van der Waals surface area (Å²) >= 11 is 12.1. The monoisotopic (exact) mass is 321 g/mol. The van der Waals surface area contributed by atoms with Gasteiger partial charge in [-0.3, -0.25) is 0 Å². The van der Waals surface area contributed by atoms with Crippen molar-refractivity contribution in [2.75, 3.05) is 6.61 Å². The highest BCUT2D eigenvalue weighted by atomic mass is 35.5. The van der Waals surface area contributed by atoms with E-state index < -0.39 is 0 Å². The van der Waals surface area contributed by atoms with Crippen molar-refractivity contribution in [3.63, 3.8) is 0 Å². The second kappa shape index (κ2) is 6.27. The summed E-state index contributed by atoms with van der Waals surface area (Å²) < 4.78 is 5.70. The zero-order valence-corrected chi connectivity index (χ0v) is 13.1. The highest BCUT2D eigenvalue weighted by Gasteiger charge is 2.23. The number of fused-ring (bicyclic) bond motifs is 1. The van der Waals surface area contributed by atoms with Crippen LogP contribution in [-0.2, 0) is 0 Å². The average Bonchev–Trinajstić information content (AvgIpc) is 2.46. The highest BCUT2D eigenvalue weighted by Crippen LogP contribution is 2.38. The fourth-order valence-corrected chi connectivity index (χ4v) is 3.44. The van der Waals surface area contributed by atoms with Crippen molar-refractivity contribution in [3.8, 4) is 5.75 Å². The molecule has 0 aromatic heterocycles. The SMILES string of the molecule is NC(CC1CCOc2ccccc21)c1cc(Cl)cc(Cl)c1. The van der Waals surface area contributed by atoms with Gasteiger partial charge in [0.05, 0.1) is 6.61 Å². The van der Waals surface area contributed by atoms with Crippen molar-refractivity contribution in [1.82, 2.24) is 0 Å². The second-order valence-electron chi connectivity index (χ2n) is 5.42. The van der Waals surface area contributed by atoms with Crippen LogP contribution in [0.15, 0.2) is 42.5 Å². The van der Waals surface area contributed by atoms with Gasteiger partial charge in [-0.25, -0.2) is 0 Å². The molecule has 110 valence electrons. The summed E-state index contributed by atoms with van der Waals surface area (Å²) in [6, 6.07) is 13.6. The third-order valence-electron chi connectivity index (χ3n) is 3.93. The number of ether oxygens (including phenoxy) is 1. The topological polar surface area (TPSA) is 35.2 Å². The van der Waals surface area contributed by atoms with E-state index in [1.165, 1.54) is 5.56 Å². The second-order valence-corrected chi connectivity index (χ2v) is 6.29. The van der Waals surface area contributed by atoms with E-state index in [1.54, 1.807) is 6.07 Å². The molecule has 21 heavy (non-hydrogen) atoms. The Balaban J connectivity index is 1.81. The van der Waals surface area contributed by atoms with E-state index in [0.29, 0.717) is 16.0 Å². The molecule has 2 aromatic carbocycles. The molecule has 0 amide bonds. The van der Waals surface area contributed by atoms with Crippen molar-refractivity contribution in [2.45, 2.75) is 24.8 Å². The Morgan fingerprint density at radius 3 is 2.62 bits per heavy atom. The number of para-hydroxylation sites is 1. The summed E-state index contributed by atoms with van der Waals surface area (Å²) in [5.41, 5.74) is 8.59. The van der Waals surface area contributed by atoms with Crippen LogP contribution in [0.25, 0.3) is 0 Å². The number of hydrogen-bond donors (Lipinski definition) is 1. The van der Waals surface area contributed by atoms with E-state index in [-0.39, 0.29) is 6.04 Å². The first-order chi connectivity index (χ1) is 10.1. The highest BCUT2D eigenvalue weighted by molar-refractivity contribution is 6.34. The largest absolute Gasteiger partial charge is 0.493 e. The van der Waals surface area contributed by atoms with Crippen molar-refractivity contribution >= 4 is 23.2 Å². The lowest BCUT2D eigenvalue weighted by Crippen LogP contribution is -2.20. The summed E-state index contributed by atoms with van der Waals surface area (Å²) in [6.45, 7) is 0.741. The number of hydrogen-bond acceptors (Lipinski definition) is 2. The number of nitrogens with two attached hydrogens (primary N) is 1. The fourth-order valence-electron chi connectivity index (χ4n) is 2.89. The van der Waals surface area contributed by atoms with Gasteiger partial charge in [0.15, 0.2) is 0 Å². The summed E-state index contributed by atoms with van der Waals surface area (Å²) in [7, 11) is 0. The molecule has 0 radical (unpaired) electrons. The maximum Gasteiger partial charge on any atom is 0.122 e. The normalized spacial score (nSPS) is 18.7. The molecular formula is C17H17Cl2NO. The Morgan fingerprint density at radius 1 is 1.14 bits per heavy atom. The van der Waals surface area contributed by atoms with Crippen molar-refractivity contribution in [3.05, 3.63) is 63.6 Å². The van der Waals surface area contributed by atoms with Crippen LogP contribution < -0.4 is 10.5 Å². The first-order valence-electron chi connectivity index (χ1n) is 7.07. The van der Waals surface area contributed by atoms with Gasteiger partial charge in [0, 0.05) is 16.1 Å². The minimum Gasteiger partial charge on any atom is -0.493 e. The van der Waals surface area contributed by atoms with Crippen LogP contribution in [0.3, 0.4) is 0 Å². The molecule has 1 heterocycles. The molecule has 3 rings (SSSR count). The molecule has 0 saturated heterocycles. The predicted octanol–water partition coefficient (Wildman–Crippen LogP) is 4.95. The lowest BCUT2D eigenvalue weighted by molar-refractivity contribution is 0.259. The molecule has 1 aliphatic heterocycles. The summed E-state index contributed by atoms with van der Waals surface area (Å²) in [5.74, 6) is 1.38. The van der Waals surface area contributed by atoms with Gasteiger partial charge in [-0.15, -0.1) is 0 Å². The molecule has 4 heteroatoms. The van der Waals surface area contributed by atoms with Crippen LogP contribution in [-0.4, -0.2) is 6.61 Å². The minimum atomic E-state index is -0.0858. The number of rotatable bonds is 3. The van der Waals surface area contributed by atoms with Crippen LogP contribution in [0.2, 0.25) is 10.0 Å². The summed E-state index contributed by atoms with van der Waals surface area (Å²) in [6.07, 6.45) is 1.84. The molecule has 2 unspecified atom stereocenters. The predicted molar refractivity (Wildman–Crippen MR) is 87.3 cm³/mol. The minimum absolute atomic E-state index is 0.0858. The summed E-state index contributed by atoms with van der Waals surface area (Å²) in [5, 5.41) is 1.25. The molecule has 2 nitrogen and oxygen atoms in total. The molecule has 0 fully saturated rings. The summed E-state index contributed by atoms with van der Waals surface area (Å²) in [4.78, 5) is 0. The third kappa shape index (κ3) is 3.34. The Morgan fingerprint density at radius 2 is 1.86 bits per heavy atom. The van der Waals surface area contributed by atoms with Crippen LogP contribution in [0.4, 0.5) is 0 Å². The lowest BCUT2D eigenvalue weighted by Gasteiger charge is -2.28. The number of benzene rings is 2. The van der Waals surface area contributed by atoms with E-state index >= 15 is 0 Å². The Hall–Kier alpha value is -1.22. The quantitative estimate of drug-likeness (QED) is 0.868. The third-order valence-corrected chi connectivity index (χ3v) is 4.37. The van der Waals surface area contributed by atoms with Crippen LogP contribution in [0.1, 0.15) is 35.9 Å². The maximum absolute atomic E-state index is 6.36. The molecular weight excluding hydrogens is 305 g/mol. The van der Waals surface area contributed by atoms with Crippen molar-refractivity contribution < 1.29 is 4.74 Å². The first kappa shape index (κ1) is 14.7. The molecule has 0 aliphatic carbocycles. The van der Waals surface area contributed by atoms with Crippen LogP contribution in [0.5, 0.6) is 5.75 Å². The molecule has 2 aromatic rings. The van der Waals surface area contributed by atoms with Crippen LogP contribution >= 0.6 is 23.2 Å². The van der Waals surface area contributed by atoms with Gasteiger partial charge in [-0.05, 0) is 54.2 Å². The van der Waals surface area contributed by atoms with Gasteiger partial charge >= 0.3 is 0 Å². The van der Waals surface area contributed by atoms with Gasteiger partial charge in [-0.2, -0.15) is 0 Å². The van der Waals surface area contributed by atoms with E-state index in [0.717, 1.165) is 30.8 Å². The smallest absolute Gasteiger partial charge is 0.122 e. The first-order valence-corrected chi connectivity index (χ1v) is 7.82. The average molecular weight is 322 g/mol. The van der Waals surface area contributed by atoms with Gasteiger partial charge in [0.25, 0.3) is 0 Å². The van der Waals surface area contributed by atoms with Gasteiger partial charge in [0.1, 0.15) is 5.75 Å². The molecule has 0 bridgehead atoms. The molecule has 2 N–H and O–H groups in total. The molecule has 0 spiro atoms. The van der Waals surface area contributed by atoms with Gasteiger partial charge < -0.3 is 10.5 Å².